The second kappa shape index (κ2) is 7.60. The number of nitrogens with zero attached hydrogens (tertiary/aromatic N) is 3. The molecule has 1 aromatic heterocycles. The predicted octanol–water partition coefficient (Wildman–Crippen LogP) is 1.64. The third-order valence-corrected chi connectivity index (χ3v) is 5.56. The first kappa shape index (κ1) is 17.2. The summed E-state index contributed by atoms with van der Waals surface area (Å²) in [6.45, 7) is 4.41. The zero-order valence-electron chi connectivity index (χ0n) is 15.0. The van der Waals surface area contributed by atoms with Crippen LogP contribution in [0, 0.1) is 5.92 Å². The molecule has 2 saturated heterocycles. The number of pyridine rings is 1. The van der Waals surface area contributed by atoms with E-state index >= 15 is 0 Å². The van der Waals surface area contributed by atoms with Crippen LogP contribution in [0.4, 0.5) is 5.82 Å². The molecule has 1 unspecified atom stereocenters. The lowest BCUT2D eigenvalue weighted by molar-refractivity contribution is -0.135. The maximum atomic E-state index is 12.7. The predicted molar refractivity (Wildman–Crippen MR) is 102 cm³/mol. The molecule has 0 saturated carbocycles. The Kier molecular flexibility index (Phi) is 5.04. The number of rotatable bonds is 3. The van der Waals surface area contributed by atoms with Crippen LogP contribution in [0.15, 0.2) is 36.4 Å². The second-order valence-corrected chi connectivity index (χ2v) is 7.15. The van der Waals surface area contributed by atoms with E-state index in [1.165, 1.54) is 0 Å². The van der Waals surface area contributed by atoms with Gasteiger partial charge in [0.1, 0.15) is 5.82 Å². The second-order valence-electron chi connectivity index (χ2n) is 7.15. The Hall–Kier alpha value is -2.18. The van der Waals surface area contributed by atoms with Crippen LogP contribution in [-0.2, 0) is 9.53 Å². The minimum absolute atomic E-state index is 0.0861. The molecule has 0 aliphatic carbocycles. The van der Waals surface area contributed by atoms with Gasteiger partial charge in [-0.05, 0) is 37.0 Å². The molecule has 1 aromatic carbocycles. The van der Waals surface area contributed by atoms with Crippen molar-refractivity contribution >= 4 is 22.6 Å². The Bertz CT molecular complexity index is 767. The molecule has 1 atom stereocenters. The van der Waals surface area contributed by atoms with Crippen LogP contribution in [-0.4, -0.2) is 61.2 Å². The summed E-state index contributed by atoms with van der Waals surface area (Å²) in [5.74, 6) is 1.31. The largest absolute Gasteiger partial charge is 0.381 e. The first-order valence-corrected chi connectivity index (χ1v) is 9.45. The van der Waals surface area contributed by atoms with E-state index in [-0.39, 0.29) is 11.8 Å². The number of para-hydroxylation sites is 1. The van der Waals surface area contributed by atoms with Gasteiger partial charge in [-0.15, -0.1) is 0 Å². The number of aromatic nitrogens is 1. The van der Waals surface area contributed by atoms with Crippen molar-refractivity contribution in [3.05, 3.63) is 36.4 Å². The number of ether oxygens (including phenoxy) is 1. The fourth-order valence-electron chi connectivity index (χ4n) is 3.87. The monoisotopic (exact) mass is 354 g/mol. The highest BCUT2D eigenvalue weighted by molar-refractivity contribution is 5.82. The number of benzene rings is 1. The minimum Gasteiger partial charge on any atom is -0.381 e. The molecule has 2 fully saturated rings. The number of fused-ring (bicyclic) bond motifs is 1. The van der Waals surface area contributed by atoms with Crippen LogP contribution in [0.5, 0.6) is 0 Å². The number of amides is 1. The van der Waals surface area contributed by atoms with E-state index in [1.54, 1.807) is 0 Å². The highest BCUT2D eigenvalue weighted by atomic mass is 16.5. The summed E-state index contributed by atoms with van der Waals surface area (Å²) in [6, 6.07) is 11.9. The topological polar surface area (TPSA) is 71.7 Å². The summed E-state index contributed by atoms with van der Waals surface area (Å²) in [6.07, 6.45) is 1.77. The van der Waals surface area contributed by atoms with Crippen LogP contribution in [0.25, 0.3) is 10.9 Å². The molecule has 1 amide bonds. The maximum Gasteiger partial charge on any atom is 0.239 e. The van der Waals surface area contributed by atoms with Crippen LogP contribution in [0.1, 0.15) is 12.8 Å². The average Bonchev–Trinajstić information content (AvgIpc) is 2.73. The molecule has 2 aromatic rings. The van der Waals surface area contributed by atoms with Crippen molar-refractivity contribution in [2.24, 2.45) is 11.7 Å². The van der Waals surface area contributed by atoms with Crippen LogP contribution >= 0.6 is 0 Å². The van der Waals surface area contributed by atoms with Crippen molar-refractivity contribution in [1.82, 2.24) is 9.88 Å². The van der Waals surface area contributed by atoms with Crippen molar-refractivity contribution in [3.8, 4) is 0 Å². The van der Waals surface area contributed by atoms with Crippen LogP contribution < -0.4 is 10.6 Å². The van der Waals surface area contributed by atoms with E-state index in [0.717, 1.165) is 42.7 Å². The van der Waals surface area contributed by atoms with Gasteiger partial charge in [0.15, 0.2) is 0 Å². The lowest BCUT2D eigenvalue weighted by Crippen LogP contribution is -2.55. The van der Waals surface area contributed by atoms with Gasteiger partial charge in [-0.25, -0.2) is 4.98 Å². The smallest absolute Gasteiger partial charge is 0.239 e. The Morgan fingerprint density at radius 2 is 1.81 bits per heavy atom. The van der Waals surface area contributed by atoms with E-state index in [0.29, 0.717) is 26.3 Å². The molecule has 3 heterocycles. The summed E-state index contributed by atoms with van der Waals surface area (Å²) >= 11 is 0. The van der Waals surface area contributed by atoms with Gasteiger partial charge in [-0.2, -0.15) is 0 Å². The molecule has 4 rings (SSSR count). The quantitative estimate of drug-likeness (QED) is 0.907. The number of anilines is 1. The molecule has 0 bridgehead atoms. The van der Waals surface area contributed by atoms with Crippen molar-refractivity contribution in [1.29, 1.82) is 0 Å². The lowest BCUT2D eigenvalue weighted by Gasteiger charge is -2.38. The lowest BCUT2D eigenvalue weighted by atomic mass is 9.91. The van der Waals surface area contributed by atoms with Crippen molar-refractivity contribution in [2.45, 2.75) is 18.9 Å². The van der Waals surface area contributed by atoms with Gasteiger partial charge in [0, 0.05) is 44.8 Å². The van der Waals surface area contributed by atoms with Gasteiger partial charge < -0.3 is 20.3 Å². The van der Waals surface area contributed by atoms with Crippen molar-refractivity contribution < 1.29 is 9.53 Å². The first-order chi connectivity index (χ1) is 12.7. The number of piperazine rings is 1. The molecule has 2 aliphatic heterocycles. The Morgan fingerprint density at radius 3 is 2.58 bits per heavy atom. The first-order valence-electron chi connectivity index (χ1n) is 9.45. The molecule has 6 heteroatoms. The number of carbonyl (C=O) groups is 1. The van der Waals surface area contributed by atoms with E-state index in [2.05, 4.69) is 23.1 Å². The average molecular weight is 354 g/mol. The molecule has 138 valence electrons. The molecule has 2 N–H and O–H groups in total. The number of carbonyl (C=O) groups excluding carboxylic acids is 1. The fraction of sp³-hybridized carbons (Fsp3) is 0.500. The number of hydrogen-bond donors (Lipinski definition) is 1. The maximum absolute atomic E-state index is 12.7. The number of nitrogens with two attached hydrogens (primary N) is 1. The summed E-state index contributed by atoms with van der Waals surface area (Å²) in [5.41, 5.74) is 7.26. The van der Waals surface area contributed by atoms with Gasteiger partial charge in [-0.1, -0.05) is 18.2 Å². The third kappa shape index (κ3) is 3.52. The van der Waals surface area contributed by atoms with Gasteiger partial charge in [0.25, 0.3) is 0 Å². The Balaban J connectivity index is 1.37. The summed E-state index contributed by atoms with van der Waals surface area (Å²) in [4.78, 5) is 21.7. The zero-order chi connectivity index (χ0) is 17.9. The summed E-state index contributed by atoms with van der Waals surface area (Å²) < 4.78 is 5.37. The highest BCUT2D eigenvalue weighted by Crippen LogP contribution is 2.22. The standard InChI is InChI=1S/C20H26N4O2/c21-19(16-7-13-26-14-8-16)20(25)24-11-9-23(10-12-24)18-6-5-15-3-1-2-4-17(15)22-18/h1-6,16,19H,7-14,21H2. The third-order valence-electron chi connectivity index (χ3n) is 5.56. The van der Waals surface area contributed by atoms with Crippen LogP contribution in [0.3, 0.4) is 0 Å². The van der Waals surface area contributed by atoms with Gasteiger partial charge in [0.2, 0.25) is 5.91 Å². The van der Waals surface area contributed by atoms with Crippen LogP contribution in [0.2, 0.25) is 0 Å². The van der Waals surface area contributed by atoms with E-state index < -0.39 is 6.04 Å². The van der Waals surface area contributed by atoms with Crippen molar-refractivity contribution in [3.63, 3.8) is 0 Å². The minimum atomic E-state index is -0.399. The Morgan fingerprint density at radius 1 is 1.08 bits per heavy atom. The molecule has 6 nitrogen and oxygen atoms in total. The SMILES string of the molecule is NC(C(=O)N1CCN(c2ccc3ccccc3n2)CC1)C1CCOCC1. The zero-order valence-corrected chi connectivity index (χ0v) is 15.0. The van der Waals surface area contributed by atoms with Gasteiger partial charge >= 0.3 is 0 Å². The molecule has 0 radical (unpaired) electrons. The molecule has 26 heavy (non-hydrogen) atoms. The van der Waals surface area contributed by atoms with Crippen molar-refractivity contribution in [2.75, 3.05) is 44.3 Å². The van der Waals surface area contributed by atoms with E-state index in [4.69, 9.17) is 15.5 Å². The normalized spacial score (nSPS) is 20.3. The Labute approximate surface area is 153 Å². The van der Waals surface area contributed by atoms with E-state index in [9.17, 15) is 4.79 Å². The highest BCUT2D eigenvalue weighted by Gasteiger charge is 2.31. The molecular formula is C20H26N4O2. The number of hydrogen-bond acceptors (Lipinski definition) is 5. The molecule has 0 spiro atoms. The van der Waals surface area contributed by atoms with Gasteiger partial charge in [-0.3, -0.25) is 4.79 Å². The fourth-order valence-corrected chi connectivity index (χ4v) is 3.87. The van der Waals surface area contributed by atoms with Gasteiger partial charge in [0.05, 0.1) is 11.6 Å². The molecule has 2 aliphatic rings. The molecular weight excluding hydrogens is 328 g/mol. The summed E-state index contributed by atoms with van der Waals surface area (Å²) in [7, 11) is 0. The summed E-state index contributed by atoms with van der Waals surface area (Å²) in [5, 5.41) is 1.15. The van der Waals surface area contributed by atoms with E-state index in [1.807, 2.05) is 23.1 Å².